The molecule has 0 aliphatic carbocycles. The molecule has 2 fully saturated rings. The number of nitrogens with zero attached hydrogens (tertiary/aromatic N) is 1. The Labute approximate surface area is 124 Å². The van der Waals surface area contributed by atoms with Crippen LogP contribution in [-0.4, -0.2) is 34.9 Å². The molecule has 0 radical (unpaired) electrons. The molecule has 3 heterocycles. The number of hydrogen-bond donors (Lipinski definition) is 0. The Bertz CT molecular complexity index is 484. The average molecular weight is 297 g/mol. The van der Waals surface area contributed by atoms with E-state index in [0.29, 0.717) is 6.42 Å². The summed E-state index contributed by atoms with van der Waals surface area (Å²) < 4.78 is 28.9. The van der Waals surface area contributed by atoms with E-state index in [9.17, 15) is 0 Å². The molecule has 4 atom stereocenters. The largest absolute Gasteiger partial charge is 0.451 e. The molecule has 3 rings (SSSR count). The standard InChI is InChI=1S/C15H23NO5/c1-9-13(21-14(2,3)18-9)12-6-11(10-7-17-8-16-10)19-15(4,5)20-12/h7-9,11-13H,6H2,1-5H3/t9-,11+,12-,13+/m0/s1. The van der Waals surface area contributed by atoms with E-state index in [1.807, 2.05) is 34.6 Å². The minimum atomic E-state index is -0.706. The molecule has 0 amide bonds. The molecular formula is C15H23NO5. The summed E-state index contributed by atoms with van der Waals surface area (Å²) in [6.07, 6.45) is 3.24. The highest BCUT2D eigenvalue weighted by atomic mass is 16.8. The van der Waals surface area contributed by atoms with Crippen LogP contribution in [0, 0.1) is 0 Å². The summed E-state index contributed by atoms with van der Waals surface area (Å²) in [4.78, 5) is 4.19. The third kappa shape index (κ3) is 3.13. The second kappa shape index (κ2) is 5.05. The molecule has 1 aromatic heterocycles. The SMILES string of the molecule is C[C@@H]1OC(C)(C)O[C@H]1[C@@H]1C[C@H](c2cocn2)OC(C)(C)O1. The summed E-state index contributed by atoms with van der Waals surface area (Å²) in [5.41, 5.74) is 0.780. The van der Waals surface area contributed by atoms with Gasteiger partial charge in [-0.2, -0.15) is 0 Å². The van der Waals surface area contributed by atoms with Gasteiger partial charge < -0.3 is 23.4 Å². The molecule has 0 aromatic carbocycles. The van der Waals surface area contributed by atoms with Crippen LogP contribution in [0.3, 0.4) is 0 Å². The van der Waals surface area contributed by atoms with Crippen molar-refractivity contribution in [3.63, 3.8) is 0 Å². The van der Waals surface area contributed by atoms with E-state index >= 15 is 0 Å². The quantitative estimate of drug-likeness (QED) is 0.836. The van der Waals surface area contributed by atoms with Gasteiger partial charge in [0, 0.05) is 6.42 Å². The number of rotatable bonds is 2. The van der Waals surface area contributed by atoms with Crippen LogP contribution in [0.2, 0.25) is 0 Å². The topological polar surface area (TPSA) is 63.0 Å². The molecule has 2 aliphatic heterocycles. The van der Waals surface area contributed by atoms with E-state index in [2.05, 4.69) is 4.98 Å². The Morgan fingerprint density at radius 3 is 2.33 bits per heavy atom. The van der Waals surface area contributed by atoms with Crippen LogP contribution in [0.1, 0.15) is 52.8 Å². The van der Waals surface area contributed by atoms with Crippen molar-refractivity contribution in [2.45, 2.75) is 77.0 Å². The summed E-state index contributed by atoms with van der Waals surface area (Å²) >= 11 is 0. The van der Waals surface area contributed by atoms with Crippen molar-refractivity contribution in [3.05, 3.63) is 18.4 Å². The first-order valence-corrected chi connectivity index (χ1v) is 7.35. The maximum absolute atomic E-state index is 6.06. The predicted octanol–water partition coefficient (Wildman–Crippen LogP) is 2.80. The van der Waals surface area contributed by atoms with Crippen LogP contribution in [-0.2, 0) is 18.9 Å². The molecule has 1 aromatic rings. The molecule has 0 saturated carbocycles. The van der Waals surface area contributed by atoms with Crippen molar-refractivity contribution >= 4 is 0 Å². The van der Waals surface area contributed by atoms with Crippen LogP contribution in [0.5, 0.6) is 0 Å². The van der Waals surface area contributed by atoms with E-state index in [-0.39, 0.29) is 24.4 Å². The van der Waals surface area contributed by atoms with Crippen molar-refractivity contribution < 1.29 is 23.4 Å². The molecule has 0 spiro atoms. The van der Waals surface area contributed by atoms with Crippen molar-refractivity contribution in [3.8, 4) is 0 Å². The first kappa shape index (κ1) is 15.0. The molecule has 118 valence electrons. The third-order valence-corrected chi connectivity index (χ3v) is 3.81. The molecule has 6 heteroatoms. The highest BCUT2D eigenvalue weighted by molar-refractivity contribution is 5.01. The summed E-state index contributed by atoms with van der Waals surface area (Å²) in [5.74, 6) is -1.29. The Balaban J connectivity index is 1.79. The van der Waals surface area contributed by atoms with Gasteiger partial charge in [-0.25, -0.2) is 4.98 Å². The summed E-state index contributed by atoms with van der Waals surface area (Å²) in [7, 11) is 0. The van der Waals surface area contributed by atoms with Crippen molar-refractivity contribution in [2.24, 2.45) is 0 Å². The van der Waals surface area contributed by atoms with Gasteiger partial charge in [-0.1, -0.05) is 0 Å². The lowest BCUT2D eigenvalue weighted by Crippen LogP contribution is -2.48. The zero-order chi connectivity index (χ0) is 15.3. The third-order valence-electron chi connectivity index (χ3n) is 3.81. The van der Waals surface area contributed by atoms with Crippen LogP contribution in [0.4, 0.5) is 0 Å². The predicted molar refractivity (Wildman–Crippen MR) is 73.4 cm³/mol. The highest BCUT2D eigenvalue weighted by Crippen LogP contribution is 2.41. The van der Waals surface area contributed by atoms with Gasteiger partial charge in [0.05, 0.1) is 12.2 Å². The first-order chi connectivity index (χ1) is 9.76. The number of ether oxygens (including phenoxy) is 4. The lowest BCUT2D eigenvalue weighted by Gasteiger charge is -2.42. The molecule has 2 saturated heterocycles. The van der Waals surface area contributed by atoms with E-state index in [0.717, 1.165) is 5.69 Å². The summed E-state index contributed by atoms with van der Waals surface area (Å²) in [5, 5.41) is 0. The van der Waals surface area contributed by atoms with Gasteiger partial charge in [-0.15, -0.1) is 0 Å². The first-order valence-electron chi connectivity index (χ1n) is 7.35. The van der Waals surface area contributed by atoms with Crippen LogP contribution in [0.25, 0.3) is 0 Å². The highest BCUT2D eigenvalue weighted by Gasteiger charge is 2.48. The van der Waals surface area contributed by atoms with Crippen LogP contribution >= 0.6 is 0 Å². The second-order valence-corrected chi connectivity index (χ2v) is 6.62. The molecule has 0 N–H and O–H groups in total. The minimum absolute atomic E-state index is 0.0307. The maximum Gasteiger partial charge on any atom is 0.180 e. The Morgan fingerprint density at radius 2 is 1.76 bits per heavy atom. The van der Waals surface area contributed by atoms with E-state index in [1.54, 1.807) is 6.26 Å². The fourth-order valence-corrected chi connectivity index (χ4v) is 3.15. The summed E-state index contributed by atoms with van der Waals surface area (Å²) in [6, 6.07) is 0. The Kier molecular flexibility index (Phi) is 3.60. The van der Waals surface area contributed by atoms with Gasteiger partial charge in [0.1, 0.15) is 24.2 Å². The molecule has 2 aliphatic rings. The molecule has 0 unspecified atom stereocenters. The average Bonchev–Trinajstić information content (AvgIpc) is 2.94. The normalized spacial score (nSPS) is 38.5. The van der Waals surface area contributed by atoms with Gasteiger partial charge in [0.2, 0.25) is 0 Å². The van der Waals surface area contributed by atoms with Crippen molar-refractivity contribution in [2.75, 3.05) is 0 Å². The van der Waals surface area contributed by atoms with Gasteiger partial charge >= 0.3 is 0 Å². The van der Waals surface area contributed by atoms with E-state index in [4.69, 9.17) is 23.4 Å². The number of hydrogen-bond acceptors (Lipinski definition) is 6. The van der Waals surface area contributed by atoms with E-state index in [1.165, 1.54) is 6.39 Å². The lowest BCUT2D eigenvalue weighted by atomic mass is 9.99. The number of aromatic nitrogens is 1. The van der Waals surface area contributed by atoms with Gasteiger partial charge in [0.25, 0.3) is 0 Å². The van der Waals surface area contributed by atoms with Crippen LogP contribution in [0.15, 0.2) is 17.1 Å². The maximum atomic E-state index is 6.06. The van der Waals surface area contributed by atoms with Gasteiger partial charge in [-0.05, 0) is 34.6 Å². The summed E-state index contributed by atoms with van der Waals surface area (Å²) in [6.45, 7) is 9.65. The molecular weight excluding hydrogens is 274 g/mol. The van der Waals surface area contributed by atoms with Gasteiger partial charge in [0.15, 0.2) is 18.0 Å². The monoisotopic (exact) mass is 297 g/mol. The zero-order valence-electron chi connectivity index (χ0n) is 13.2. The van der Waals surface area contributed by atoms with Crippen molar-refractivity contribution in [1.82, 2.24) is 4.98 Å². The Morgan fingerprint density at radius 1 is 1.05 bits per heavy atom. The lowest BCUT2D eigenvalue weighted by molar-refractivity contribution is -0.319. The smallest absolute Gasteiger partial charge is 0.180 e. The fourth-order valence-electron chi connectivity index (χ4n) is 3.15. The van der Waals surface area contributed by atoms with Crippen molar-refractivity contribution in [1.29, 1.82) is 0 Å². The minimum Gasteiger partial charge on any atom is -0.451 e. The molecule has 21 heavy (non-hydrogen) atoms. The second-order valence-electron chi connectivity index (χ2n) is 6.62. The Hall–Kier alpha value is -0.950. The molecule has 6 nitrogen and oxygen atoms in total. The van der Waals surface area contributed by atoms with Gasteiger partial charge in [-0.3, -0.25) is 0 Å². The molecule has 0 bridgehead atoms. The van der Waals surface area contributed by atoms with E-state index < -0.39 is 11.6 Å². The van der Waals surface area contributed by atoms with Crippen LogP contribution < -0.4 is 0 Å². The number of oxazole rings is 1. The fraction of sp³-hybridized carbons (Fsp3) is 0.800. The zero-order valence-corrected chi connectivity index (χ0v) is 13.2.